The van der Waals surface area contributed by atoms with Crippen LogP contribution in [-0.4, -0.2) is 59.0 Å². The van der Waals surface area contributed by atoms with E-state index in [0.717, 1.165) is 22.9 Å². The monoisotopic (exact) mass is 487 g/mol. The van der Waals surface area contributed by atoms with Gasteiger partial charge in [0, 0.05) is 24.3 Å². The van der Waals surface area contributed by atoms with Gasteiger partial charge in [-0.1, -0.05) is 32.0 Å². The Balaban J connectivity index is 1.81. The number of carbonyl (C=O) groups excluding carboxylic acids is 3. The Kier molecular flexibility index (Phi) is 8.36. The van der Waals surface area contributed by atoms with Gasteiger partial charge in [-0.3, -0.25) is 14.5 Å². The Labute approximate surface area is 206 Å². The van der Waals surface area contributed by atoms with E-state index in [1.165, 1.54) is 16.2 Å². The van der Waals surface area contributed by atoms with Crippen molar-refractivity contribution in [3.63, 3.8) is 0 Å². The standard InChI is InChI=1S/C26H37N3O4S/c1-17(2)13-20(27)23(30)29(24(31)22-14-19-10-6-7-11-21(19)34-22)16-18-9-8-12-28(15-18)25(32)33-26(3,4)5/h6-7,10-11,14,17-18,20H,8-9,12-13,15-16,27H2,1-5H3/t18?,20-/m0/s1. The first-order valence-electron chi connectivity index (χ1n) is 12.0. The van der Waals surface area contributed by atoms with Crippen LogP contribution in [0, 0.1) is 11.8 Å². The van der Waals surface area contributed by atoms with Crippen molar-refractivity contribution in [1.29, 1.82) is 0 Å². The maximum absolute atomic E-state index is 13.6. The van der Waals surface area contributed by atoms with E-state index in [0.29, 0.717) is 24.4 Å². The second-order valence-corrected chi connectivity index (χ2v) is 11.7. The fourth-order valence-corrected chi connectivity index (χ4v) is 5.28. The molecule has 186 valence electrons. The maximum Gasteiger partial charge on any atom is 0.410 e. The zero-order chi connectivity index (χ0) is 25.0. The molecular weight excluding hydrogens is 450 g/mol. The largest absolute Gasteiger partial charge is 0.444 e. The molecule has 34 heavy (non-hydrogen) atoms. The number of nitrogens with zero attached hydrogens (tertiary/aromatic N) is 2. The Bertz CT molecular complexity index is 993. The molecular formula is C26H37N3O4S. The van der Waals surface area contributed by atoms with Gasteiger partial charge < -0.3 is 15.4 Å². The van der Waals surface area contributed by atoms with Crippen molar-refractivity contribution in [2.24, 2.45) is 17.6 Å². The third-order valence-electron chi connectivity index (χ3n) is 5.80. The second kappa shape index (κ2) is 10.9. The lowest BCUT2D eigenvalue weighted by Crippen LogP contribution is -2.51. The molecule has 2 N–H and O–H groups in total. The molecule has 0 bridgehead atoms. The number of hydrogen-bond donors (Lipinski definition) is 1. The number of likely N-dealkylation sites (tertiary alicyclic amines) is 1. The van der Waals surface area contributed by atoms with Crippen LogP contribution >= 0.6 is 11.3 Å². The predicted octanol–water partition coefficient (Wildman–Crippen LogP) is 4.89. The van der Waals surface area contributed by atoms with Crippen LogP contribution in [0.15, 0.2) is 30.3 Å². The molecule has 2 aromatic rings. The normalized spacial score (nSPS) is 17.6. The number of piperidine rings is 1. The zero-order valence-corrected chi connectivity index (χ0v) is 21.7. The lowest BCUT2D eigenvalue weighted by molar-refractivity contribution is -0.131. The molecule has 1 aromatic carbocycles. The van der Waals surface area contributed by atoms with Crippen LogP contribution in [0.1, 0.15) is 63.6 Å². The first kappa shape index (κ1) is 26.2. The number of benzene rings is 1. The van der Waals surface area contributed by atoms with Crippen molar-refractivity contribution in [3.05, 3.63) is 35.2 Å². The van der Waals surface area contributed by atoms with Gasteiger partial charge in [0.1, 0.15) is 5.60 Å². The number of nitrogens with two attached hydrogens (primary N) is 1. The average Bonchev–Trinajstić information content (AvgIpc) is 3.19. The molecule has 1 fully saturated rings. The van der Waals surface area contributed by atoms with E-state index >= 15 is 0 Å². The van der Waals surface area contributed by atoms with E-state index in [-0.39, 0.29) is 36.3 Å². The molecule has 0 saturated carbocycles. The molecule has 0 spiro atoms. The number of carbonyl (C=O) groups is 3. The number of thiophene rings is 1. The van der Waals surface area contributed by atoms with Crippen LogP contribution in [0.5, 0.6) is 0 Å². The van der Waals surface area contributed by atoms with Crippen LogP contribution in [-0.2, 0) is 9.53 Å². The molecule has 2 heterocycles. The van der Waals surface area contributed by atoms with Crippen LogP contribution in [0.2, 0.25) is 0 Å². The smallest absolute Gasteiger partial charge is 0.410 e. The maximum atomic E-state index is 13.6. The lowest BCUT2D eigenvalue weighted by atomic mass is 9.96. The van der Waals surface area contributed by atoms with E-state index < -0.39 is 11.6 Å². The topological polar surface area (TPSA) is 92.9 Å². The van der Waals surface area contributed by atoms with Gasteiger partial charge in [-0.2, -0.15) is 0 Å². The molecule has 3 rings (SSSR count). The number of amides is 3. The molecule has 2 atom stereocenters. The summed E-state index contributed by atoms with van der Waals surface area (Å²) in [6.45, 7) is 10.8. The van der Waals surface area contributed by atoms with Crippen molar-refractivity contribution in [2.75, 3.05) is 19.6 Å². The highest BCUT2D eigenvalue weighted by Gasteiger charge is 2.34. The highest BCUT2D eigenvalue weighted by Crippen LogP contribution is 2.28. The van der Waals surface area contributed by atoms with Crippen molar-refractivity contribution >= 4 is 39.3 Å². The summed E-state index contributed by atoms with van der Waals surface area (Å²) in [6, 6.07) is 8.88. The molecule has 1 aliphatic rings. The third kappa shape index (κ3) is 6.79. The molecule has 1 aliphatic heterocycles. The Morgan fingerprint density at radius 1 is 1.24 bits per heavy atom. The molecule has 0 radical (unpaired) electrons. The number of hydrogen-bond acceptors (Lipinski definition) is 6. The van der Waals surface area contributed by atoms with Gasteiger partial charge in [-0.05, 0) is 69.4 Å². The molecule has 8 heteroatoms. The summed E-state index contributed by atoms with van der Waals surface area (Å²) < 4.78 is 6.53. The third-order valence-corrected chi connectivity index (χ3v) is 6.91. The lowest BCUT2D eigenvalue weighted by Gasteiger charge is -2.36. The minimum absolute atomic E-state index is 0.0326. The van der Waals surface area contributed by atoms with Gasteiger partial charge in [0.15, 0.2) is 0 Å². The summed E-state index contributed by atoms with van der Waals surface area (Å²) in [5.74, 6) is -0.474. The number of rotatable bonds is 6. The molecule has 0 aliphatic carbocycles. The van der Waals surface area contributed by atoms with Gasteiger partial charge >= 0.3 is 6.09 Å². The molecule has 3 amide bonds. The molecule has 7 nitrogen and oxygen atoms in total. The van der Waals surface area contributed by atoms with E-state index in [1.807, 2.05) is 65.0 Å². The summed E-state index contributed by atoms with van der Waals surface area (Å²) in [6.07, 6.45) is 1.76. The van der Waals surface area contributed by atoms with Gasteiger partial charge in [0.2, 0.25) is 5.91 Å². The number of ether oxygens (including phenoxy) is 1. The fraction of sp³-hybridized carbons (Fsp3) is 0.577. The fourth-order valence-electron chi connectivity index (χ4n) is 4.27. The average molecular weight is 488 g/mol. The number of fused-ring (bicyclic) bond motifs is 1. The van der Waals surface area contributed by atoms with E-state index in [2.05, 4.69) is 0 Å². The number of imide groups is 1. The van der Waals surface area contributed by atoms with Crippen LogP contribution in [0.25, 0.3) is 10.1 Å². The van der Waals surface area contributed by atoms with E-state index in [4.69, 9.17) is 10.5 Å². The summed E-state index contributed by atoms with van der Waals surface area (Å²) in [5.41, 5.74) is 5.66. The molecule has 1 aromatic heterocycles. The zero-order valence-electron chi connectivity index (χ0n) is 20.9. The molecule has 1 unspecified atom stereocenters. The highest BCUT2D eigenvalue weighted by molar-refractivity contribution is 7.20. The molecule has 1 saturated heterocycles. The van der Waals surface area contributed by atoms with E-state index in [1.54, 1.807) is 4.90 Å². The van der Waals surface area contributed by atoms with Crippen molar-refractivity contribution in [2.45, 2.75) is 65.5 Å². The summed E-state index contributed by atoms with van der Waals surface area (Å²) in [7, 11) is 0. The quantitative estimate of drug-likeness (QED) is 0.626. The SMILES string of the molecule is CC(C)C[C@H](N)C(=O)N(CC1CCCN(C(=O)OC(C)(C)C)C1)C(=O)c1cc2ccccc2s1. The first-order chi connectivity index (χ1) is 15.9. The van der Waals surface area contributed by atoms with E-state index in [9.17, 15) is 14.4 Å². The Morgan fingerprint density at radius 2 is 1.94 bits per heavy atom. The predicted molar refractivity (Wildman–Crippen MR) is 136 cm³/mol. The van der Waals surface area contributed by atoms with Gasteiger partial charge in [-0.15, -0.1) is 11.3 Å². The summed E-state index contributed by atoms with van der Waals surface area (Å²) in [5, 5.41) is 0.975. The van der Waals surface area contributed by atoms with Crippen LogP contribution < -0.4 is 5.73 Å². The van der Waals surface area contributed by atoms with Crippen molar-refractivity contribution in [1.82, 2.24) is 9.80 Å². The van der Waals surface area contributed by atoms with Crippen LogP contribution in [0.3, 0.4) is 0 Å². The highest BCUT2D eigenvalue weighted by atomic mass is 32.1. The minimum Gasteiger partial charge on any atom is -0.444 e. The summed E-state index contributed by atoms with van der Waals surface area (Å²) in [4.78, 5) is 43.1. The van der Waals surface area contributed by atoms with Gasteiger partial charge in [0.05, 0.1) is 10.9 Å². The summed E-state index contributed by atoms with van der Waals surface area (Å²) >= 11 is 1.38. The van der Waals surface area contributed by atoms with Crippen molar-refractivity contribution in [3.8, 4) is 0 Å². The minimum atomic E-state index is -0.746. The second-order valence-electron chi connectivity index (χ2n) is 10.6. The van der Waals surface area contributed by atoms with Crippen molar-refractivity contribution < 1.29 is 19.1 Å². The Hall–Kier alpha value is -2.45. The first-order valence-corrected chi connectivity index (χ1v) is 12.8. The Morgan fingerprint density at radius 3 is 2.59 bits per heavy atom. The van der Waals surface area contributed by atoms with Crippen LogP contribution in [0.4, 0.5) is 4.79 Å². The van der Waals surface area contributed by atoms with Gasteiger partial charge in [-0.25, -0.2) is 4.79 Å². The van der Waals surface area contributed by atoms with Gasteiger partial charge in [0.25, 0.3) is 5.91 Å².